The van der Waals surface area contributed by atoms with Gasteiger partial charge in [-0.1, -0.05) is 18.2 Å². The second kappa shape index (κ2) is 2.18. The van der Waals surface area contributed by atoms with Gasteiger partial charge in [0, 0.05) is 11.5 Å². The summed E-state index contributed by atoms with van der Waals surface area (Å²) in [6.07, 6.45) is 14.5. The van der Waals surface area contributed by atoms with Crippen LogP contribution in [-0.4, -0.2) is 0 Å². The fourth-order valence-electron chi connectivity index (χ4n) is 1.04. The van der Waals surface area contributed by atoms with Gasteiger partial charge in [0.05, 0.1) is 12.5 Å². The van der Waals surface area contributed by atoms with Crippen LogP contribution < -0.4 is 0 Å². The number of rotatable bonds is 0. The average molecular weight is 131 g/mol. The Morgan fingerprint density at radius 3 is 3.30 bits per heavy atom. The molecule has 0 bridgehead atoms. The highest BCUT2D eigenvalue weighted by Gasteiger charge is 2.10. The van der Waals surface area contributed by atoms with Crippen molar-refractivity contribution < 1.29 is 4.74 Å². The smallest absolute Gasteiger partial charge is 0.0948 e. The van der Waals surface area contributed by atoms with E-state index in [4.69, 9.17) is 4.74 Å². The third-order valence-corrected chi connectivity index (χ3v) is 1.58. The summed E-state index contributed by atoms with van der Waals surface area (Å²) >= 11 is 0. The van der Waals surface area contributed by atoms with Gasteiger partial charge in [-0.2, -0.15) is 0 Å². The quantitative estimate of drug-likeness (QED) is 0.488. The second-order valence-electron chi connectivity index (χ2n) is 2.26. The molecule has 0 aromatic heterocycles. The maximum atomic E-state index is 4.98. The average Bonchev–Trinajstić information content (AvgIpc) is 2.05. The van der Waals surface area contributed by atoms with Gasteiger partial charge in [-0.05, 0) is 12.2 Å². The van der Waals surface area contributed by atoms with Crippen LogP contribution in [0.2, 0.25) is 0 Å². The molecule has 0 aromatic rings. The van der Waals surface area contributed by atoms with Crippen LogP contribution in [0.3, 0.4) is 0 Å². The molecule has 1 nitrogen and oxygen atoms in total. The molecule has 1 heterocycles. The van der Waals surface area contributed by atoms with Crippen LogP contribution in [0.15, 0.2) is 42.4 Å². The van der Waals surface area contributed by atoms with Crippen molar-refractivity contribution in [2.45, 2.75) is 0 Å². The van der Waals surface area contributed by atoms with Crippen molar-refractivity contribution in [1.29, 1.82) is 0 Å². The first-order valence-corrected chi connectivity index (χ1v) is 3.25. The fourth-order valence-corrected chi connectivity index (χ4v) is 1.04. The van der Waals surface area contributed by atoms with E-state index >= 15 is 0 Å². The molecule has 0 aromatic carbocycles. The van der Waals surface area contributed by atoms with Crippen LogP contribution in [0.25, 0.3) is 0 Å². The summed E-state index contributed by atoms with van der Waals surface area (Å²) in [4.78, 5) is 0. The Balaban J connectivity index is 2.33. The van der Waals surface area contributed by atoms with E-state index in [0.717, 1.165) is 5.57 Å². The third kappa shape index (κ3) is 0.798. The molecule has 1 radical (unpaired) electrons. The van der Waals surface area contributed by atoms with Gasteiger partial charge in [-0.15, -0.1) is 0 Å². The minimum Gasteiger partial charge on any atom is -0.473 e. The van der Waals surface area contributed by atoms with Crippen LogP contribution in [0.1, 0.15) is 0 Å². The summed E-state index contributed by atoms with van der Waals surface area (Å²) < 4.78 is 4.98. The summed E-state index contributed by atoms with van der Waals surface area (Å²) in [7, 11) is 0. The van der Waals surface area contributed by atoms with Crippen LogP contribution >= 0.6 is 0 Å². The van der Waals surface area contributed by atoms with E-state index in [9.17, 15) is 0 Å². The molecule has 1 atom stereocenters. The molecule has 1 aliphatic heterocycles. The molecule has 0 N–H and O–H groups in total. The first-order chi connectivity index (χ1) is 4.97. The van der Waals surface area contributed by atoms with Crippen molar-refractivity contribution in [1.82, 2.24) is 0 Å². The number of hydrogen-bond acceptors (Lipinski definition) is 1. The summed E-state index contributed by atoms with van der Waals surface area (Å²) in [6.45, 7) is 0. The Labute approximate surface area is 60.0 Å². The lowest BCUT2D eigenvalue weighted by Crippen LogP contribution is -2.02. The Bertz CT molecular complexity index is 243. The van der Waals surface area contributed by atoms with Crippen LogP contribution in [0.4, 0.5) is 0 Å². The molecule has 2 aliphatic rings. The fraction of sp³-hybridized carbons (Fsp3) is 0.111. The van der Waals surface area contributed by atoms with E-state index in [2.05, 4.69) is 12.2 Å². The lowest BCUT2D eigenvalue weighted by Gasteiger charge is -2.14. The lowest BCUT2D eigenvalue weighted by atomic mass is 9.95. The predicted molar refractivity (Wildman–Crippen MR) is 38.8 cm³/mol. The zero-order valence-electron chi connectivity index (χ0n) is 5.45. The van der Waals surface area contributed by atoms with Gasteiger partial charge in [-0.25, -0.2) is 0 Å². The Kier molecular flexibility index (Phi) is 1.21. The van der Waals surface area contributed by atoms with Gasteiger partial charge in [0.2, 0.25) is 0 Å². The number of ether oxygens (including phenoxy) is 1. The van der Waals surface area contributed by atoms with Gasteiger partial charge >= 0.3 is 0 Å². The maximum Gasteiger partial charge on any atom is 0.0948 e. The van der Waals surface area contributed by atoms with Crippen molar-refractivity contribution in [2.24, 2.45) is 5.92 Å². The van der Waals surface area contributed by atoms with Gasteiger partial charge in [0.1, 0.15) is 0 Å². The normalized spacial score (nSPS) is 27.2. The standard InChI is InChI=1S/C9H7O/c1-2-4-9-7-10-6-5-8(9)3-1/h1-3,5-8H. The molecule has 0 saturated heterocycles. The van der Waals surface area contributed by atoms with Gasteiger partial charge in [-0.3, -0.25) is 0 Å². The van der Waals surface area contributed by atoms with E-state index < -0.39 is 0 Å². The van der Waals surface area contributed by atoms with E-state index in [1.807, 2.05) is 18.2 Å². The highest BCUT2D eigenvalue weighted by molar-refractivity contribution is 5.32. The molecule has 0 amide bonds. The number of hydrogen-bond donors (Lipinski definition) is 0. The minimum atomic E-state index is 0.388. The lowest BCUT2D eigenvalue weighted by molar-refractivity contribution is 0.383. The van der Waals surface area contributed by atoms with Crippen molar-refractivity contribution in [3.05, 3.63) is 48.5 Å². The number of allylic oxidation sites excluding steroid dienone is 6. The molecule has 49 valence electrons. The monoisotopic (exact) mass is 131 g/mol. The van der Waals surface area contributed by atoms with E-state index in [0.29, 0.717) is 5.92 Å². The predicted octanol–water partition coefficient (Wildman–Crippen LogP) is 1.96. The molecule has 0 saturated carbocycles. The first kappa shape index (κ1) is 5.54. The molecular weight excluding hydrogens is 124 g/mol. The van der Waals surface area contributed by atoms with Crippen molar-refractivity contribution >= 4 is 0 Å². The first-order valence-electron chi connectivity index (χ1n) is 3.25. The molecular formula is C9H7O. The molecule has 0 fully saturated rings. The molecule has 1 heteroatoms. The minimum absolute atomic E-state index is 0.388. The summed E-state index contributed by atoms with van der Waals surface area (Å²) in [5.41, 5.74) is 1.10. The summed E-state index contributed by atoms with van der Waals surface area (Å²) in [5, 5.41) is 0. The summed E-state index contributed by atoms with van der Waals surface area (Å²) in [6, 6.07) is 0. The zero-order chi connectivity index (χ0) is 6.81. The van der Waals surface area contributed by atoms with E-state index in [-0.39, 0.29) is 0 Å². The number of fused-ring (bicyclic) bond motifs is 1. The van der Waals surface area contributed by atoms with Crippen LogP contribution in [-0.2, 0) is 4.74 Å². The molecule has 1 unspecified atom stereocenters. The molecule has 2 rings (SSSR count). The van der Waals surface area contributed by atoms with Crippen molar-refractivity contribution in [2.75, 3.05) is 0 Å². The highest BCUT2D eigenvalue weighted by atomic mass is 16.5. The SMILES string of the molecule is [C]1=CC=CC2C=COC=C12. The Hall–Kier alpha value is -1.24. The van der Waals surface area contributed by atoms with E-state index in [1.165, 1.54) is 0 Å². The van der Waals surface area contributed by atoms with Gasteiger partial charge in [0.25, 0.3) is 0 Å². The summed E-state index contributed by atoms with van der Waals surface area (Å²) in [5.74, 6) is 0.388. The highest BCUT2D eigenvalue weighted by Crippen LogP contribution is 2.22. The zero-order valence-corrected chi connectivity index (χ0v) is 5.45. The Morgan fingerprint density at radius 1 is 1.40 bits per heavy atom. The van der Waals surface area contributed by atoms with Gasteiger partial charge in [0.15, 0.2) is 0 Å². The largest absolute Gasteiger partial charge is 0.473 e. The van der Waals surface area contributed by atoms with Crippen LogP contribution in [0, 0.1) is 12.0 Å². The Morgan fingerprint density at radius 2 is 2.40 bits per heavy atom. The second-order valence-corrected chi connectivity index (χ2v) is 2.26. The molecule has 1 aliphatic carbocycles. The van der Waals surface area contributed by atoms with Crippen LogP contribution in [0.5, 0.6) is 0 Å². The van der Waals surface area contributed by atoms with Gasteiger partial charge < -0.3 is 4.74 Å². The third-order valence-electron chi connectivity index (χ3n) is 1.58. The van der Waals surface area contributed by atoms with E-state index in [1.54, 1.807) is 12.5 Å². The van der Waals surface area contributed by atoms with Crippen molar-refractivity contribution in [3.63, 3.8) is 0 Å². The molecule has 10 heavy (non-hydrogen) atoms. The topological polar surface area (TPSA) is 9.23 Å². The van der Waals surface area contributed by atoms with Crippen molar-refractivity contribution in [3.8, 4) is 0 Å². The molecule has 0 spiro atoms. The maximum absolute atomic E-state index is 4.98.